The van der Waals surface area contributed by atoms with E-state index in [9.17, 15) is 18.4 Å². The largest absolute Gasteiger partial charge is 0.465 e. The molecule has 1 aliphatic carbocycles. The molecule has 2 aromatic rings. The molecule has 1 saturated carbocycles. The highest BCUT2D eigenvalue weighted by molar-refractivity contribution is 5.89. The van der Waals surface area contributed by atoms with Crippen molar-refractivity contribution in [3.05, 3.63) is 71.3 Å². The molecule has 176 valence electrons. The number of alkyl halides is 2. The number of carbonyl (C=O) groups is 2. The predicted molar refractivity (Wildman–Crippen MR) is 116 cm³/mol. The van der Waals surface area contributed by atoms with Gasteiger partial charge in [-0.1, -0.05) is 42.5 Å². The van der Waals surface area contributed by atoms with Crippen molar-refractivity contribution in [3.63, 3.8) is 0 Å². The molecule has 2 aliphatic rings. The number of methoxy groups -OCH3 is 1. The quantitative estimate of drug-likeness (QED) is 0.546. The topological polar surface area (TPSA) is 65.1 Å². The van der Waals surface area contributed by atoms with E-state index in [0.717, 1.165) is 11.1 Å². The molecule has 3 atom stereocenters. The van der Waals surface area contributed by atoms with Crippen LogP contribution in [0.25, 0.3) is 0 Å². The van der Waals surface area contributed by atoms with E-state index < -0.39 is 23.9 Å². The second-order valence-corrected chi connectivity index (χ2v) is 8.50. The smallest absolute Gasteiger partial charge is 0.410 e. The van der Waals surface area contributed by atoms with Crippen molar-refractivity contribution in [3.8, 4) is 0 Å². The Labute approximate surface area is 191 Å². The Hall–Kier alpha value is -3.00. The lowest BCUT2D eigenvalue weighted by atomic mass is 9.93. The van der Waals surface area contributed by atoms with Crippen molar-refractivity contribution in [2.75, 3.05) is 20.3 Å². The van der Waals surface area contributed by atoms with Crippen molar-refractivity contribution in [1.82, 2.24) is 4.90 Å². The second-order valence-electron chi connectivity index (χ2n) is 8.50. The maximum atomic E-state index is 13.2. The minimum atomic E-state index is -2.62. The van der Waals surface area contributed by atoms with Crippen molar-refractivity contribution in [1.29, 1.82) is 0 Å². The molecule has 6 nitrogen and oxygen atoms in total. The molecule has 1 amide bonds. The van der Waals surface area contributed by atoms with Gasteiger partial charge in [-0.15, -0.1) is 0 Å². The number of halogens is 2. The number of ether oxygens (including phenoxy) is 3. The summed E-state index contributed by atoms with van der Waals surface area (Å²) in [5, 5.41) is 0. The fraction of sp³-hybridized carbons (Fsp3) is 0.440. The second kappa shape index (κ2) is 9.87. The molecule has 1 aliphatic heterocycles. The summed E-state index contributed by atoms with van der Waals surface area (Å²) >= 11 is 0. The van der Waals surface area contributed by atoms with Crippen LogP contribution in [0, 0.1) is 5.92 Å². The monoisotopic (exact) mass is 459 g/mol. The molecule has 0 radical (unpaired) electrons. The van der Waals surface area contributed by atoms with Crippen LogP contribution in [0.4, 0.5) is 13.6 Å². The molecule has 0 aromatic heterocycles. The number of esters is 1. The van der Waals surface area contributed by atoms with Crippen molar-refractivity contribution < 1.29 is 32.6 Å². The molecule has 1 unspecified atom stereocenters. The fourth-order valence-corrected chi connectivity index (χ4v) is 4.08. The van der Waals surface area contributed by atoms with Gasteiger partial charge < -0.3 is 19.1 Å². The molecule has 1 saturated heterocycles. The van der Waals surface area contributed by atoms with E-state index in [1.807, 2.05) is 30.3 Å². The molecular formula is C25H27F2NO5. The lowest BCUT2D eigenvalue weighted by Crippen LogP contribution is -2.43. The molecule has 0 bridgehead atoms. The van der Waals surface area contributed by atoms with Crippen LogP contribution in [-0.4, -0.2) is 49.3 Å². The van der Waals surface area contributed by atoms with Crippen molar-refractivity contribution in [2.24, 2.45) is 5.92 Å². The number of hydrogen-bond donors (Lipinski definition) is 0. The number of hydrogen-bond acceptors (Lipinski definition) is 5. The molecule has 2 aromatic carbocycles. The Morgan fingerprint density at radius 1 is 1.09 bits per heavy atom. The van der Waals surface area contributed by atoms with Gasteiger partial charge in [-0.25, -0.2) is 18.4 Å². The van der Waals surface area contributed by atoms with Gasteiger partial charge in [0.25, 0.3) is 5.92 Å². The molecule has 4 rings (SSSR count). The van der Waals surface area contributed by atoms with E-state index in [1.165, 1.54) is 7.11 Å². The van der Waals surface area contributed by atoms with E-state index in [1.54, 1.807) is 29.2 Å². The van der Waals surface area contributed by atoms with Crippen LogP contribution in [0.2, 0.25) is 0 Å². The third-order valence-corrected chi connectivity index (χ3v) is 6.20. The maximum absolute atomic E-state index is 13.2. The summed E-state index contributed by atoms with van der Waals surface area (Å²) in [4.78, 5) is 26.3. The van der Waals surface area contributed by atoms with Crippen LogP contribution in [0.3, 0.4) is 0 Å². The van der Waals surface area contributed by atoms with E-state index in [-0.39, 0.29) is 31.8 Å². The third kappa shape index (κ3) is 5.68. The number of rotatable bonds is 7. The lowest BCUT2D eigenvalue weighted by molar-refractivity contribution is -0.0316. The minimum absolute atomic E-state index is 0.0180. The predicted octanol–water partition coefficient (Wildman–Crippen LogP) is 4.99. The minimum Gasteiger partial charge on any atom is -0.465 e. The number of amides is 1. The maximum Gasteiger partial charge on any atom is 0.410 e. The van der Waals surface area contributed by atoms with Gasteiger partial charge in [-0.3, -0.25) is 0 Å². The van der Waals surface area contributed by atoms with E-state index >= 15 is 0 Å². The van der Waals surface area contributed by atoms with Crippen LogP contribution in [0.5, 0.6) is 0 Å². The Balaban J connectivity index is 1.45. The van der Waals surface area contributed by atoms with Crippen LogP contribution >= 0.6 is 0 Å². The first-order valence-corrected chi connectivity index (χ1v) is 11.0. The first kappa shape index (κ1) is 23.2. The van der Waals surface area contributed by atoms with Gasteiger partial charge in [0.1, 0.15) is 6.61 Å². The summed E-state index contributed by atoms with van der Waals surface area (Å²) in [6.07, 6.45) is 0.167. The Bertz CT molecular complexity index is 967. The molecule has 0 spiro atoms. The van der Waals surface area contributed by atoms with E-state index in [4.69, 9.17) is 14.2 Å². The number of nitrogens with zero attached hydrogens (tertiary/aromatic N) is 1. The first-order chi connectivity index (χ1) is 15.9. The summed E-state index contributed by atoms with van der Waals surface area (Å²) < 4.78 is 42.5. The molecule has 2 fully saturated rings. The highest BCUT2D eigenvalue weighted by atomic mass is 19.3. The SMILES string of the molecule is COC(=O)c1ccc([C@@H]2C[C@@H](OCC3CC3(F)F)CCN2C(=O)OCc2ccccc2)cc1. The summed E-state index contributed by atoms with van der Waals surface area (Å²) in [5.41, 5.74) is 2.09. The molecule has 1 heterocycles. The number of benzene rings is 2. The average Bonchev–Trinajstić information content (AvgIpc) is 3.47. The Kier molecular flexibility index (Phi) is 6.93. The summed E-state index contributed by atoms with van der Waals surface area (Å²) in [5.74, 6) is -3.79. The third-order valence-electron chi connectivity index (χ3n) is 6.20. The Morgan fingerprint density at radius 3 is 2.42 bits per heavy atom. The van der Waals surface area contributed by atoms with E-state index in [2.05, 4.69) is 0 Å². The summed E-state index contributed by atoms with van der Waals surface area (Å²) in [6.45, 7) is 0.549. The number of likely N-dealkylation sites (tertiary alicyclic amines) is 1. The first-order valence-electron chi connectivity index (χ1n) is 11.0. The zero-order valence-corrected chi connectivity index (χ0v) is 18.4. The van der Waals surface area contributed by atoms with Gasteiger partial charge in [-0.05, 0) is 36.1 Å². The van der Waals surface area contributed by atoms with Gasteiger partial charge in [0.2, 0.25) is 0 Å². The molecule has 33 heavy (non-hydrogen) atoms. The van der Waals surface area contributed by atoms with Gasteiger partial charge in [0, 0.05) is 13.0 Å². The lowest BCUT2D eigenvalue weighted by Gasteiger charge is -2.39. The van der Waals surface area contributed by atoms with Crippen molar-refractivity contribution >= 4 is 12.1 Å². The zero-order valence-electron chi connectivity index (χ0n) is 18.4. The molecular weight excluding hydrogens is 432 g/mol. The van der Waals surface area contributed by atoms with Gasteiger partial charge in [0.15, 0.2) is 0 Å². The Morgan fingerprint density at radius 2 is 1.79 bits per heavy atom. The van der Waals surface area contributed by atoms with Gasteiger partial charge in [-0.2, -0.15) is 0 Å². The standard InChI is InChI=1S/C25H27F2NO5/c1-31-23(29)19-9-7-18(8-10-19)22-13-21(32-16-20-14-25(20,26)27)11-12-28(22)24(30)33-15-17-5-3-2-4-6-17/h2-10,20-22H,11-16H2,1H3/t20?,21-,22-/m0/s1. The van der Waals surface area contributed by atoms with Crippen LogP contribution in [0.15, 0.2) is 54.6 Å². The van der Waals surface area contributed by atoms with Gasteiger partial charge >= 0.3 is 12.1 Å². The average molecular weight is 459 g/mol. The van der Waals surface area contributed by atoms with Crippen molar-refractivity contribution in [2.45, 2.75) is 43.9 Å². The van der Waals surface area contributed by atoms with Gasteiger partial charge in [0.05, 0.1) is 37.3 Å². The zero-order chi connectivity index (χ0) is 23.4. The highest BCUT2D eigenvalue weighted by Crippen LogP contribution is 2.49. The van der Waals surface area contributed by atoms with E-state index in [0.29, 0.717) is 24.9 Å². The normalized spacial score (nSPS) is 23.6. The van der Waals surface area contributed by atoms with Crippen LogP contribution in [0.1, 0.15) is 46.8 Å². The number of piperidine rings is 1. The molecule has 0 N–H and O–H groups in total. The summed E-state index contributed by atoms with van der Waals surface area (Å²) in [6, 6.07) is 15.9. The summed E-state index contributed by atoms with van der Waals surface area (Å²) in [7, 11) is 1.31. The molecule has 8 heteroatoms. The fourth-order valence-electron chi connectivity index (χ4n) is 4.08. The highest BCUT2D eigenvalue weighted by Gasteiger charge is 2.57. The number of carbonyl (C=O) groups excluding carboxylic acids is 2. The van der Waals surface area contributed by atoms with Crippen LogP contribution in [-0.2, 0) is 20.8 Å². The van der Waals surface area contributed by atoms with Crippen LogP contribution < -0.4 is 0 Å².